The van der Waals surface area contributed by atoms with Crippen molar-refractivity contribution in [2.24, 2.45) is 0 Å². The minimum atomic E-state index is -0.872. The second kappa shape index (κ2) is 6.38. The summed E-state index contributed by atoms with van der Waals surface area (Å²) in [7, 11) is 0. The largest absolute Gasteiger partial charge is 0.480 e. The molecule has 0 aliphatic heterocycles. The maximum absolute atomic E-state index is 11.7. The highest BCUT2D eigenvalue weighted by Gasteiger charge is 2.45. The van der Waals surface area contributed by atoms with Crippen LogP contribution >= 0.6 is 15.9 Å². The molecule has 3 nitrogen and oxygen atoms in total. The van der Waals surface area contributed by atoms with Gasteiger partial charge in [0.1, 0.15) is 6.04 Å². The lowest BCUT2D eigenvalue weighted by atomic mass is 9.80. The van der Waals surface area contributed by atoms with E-state index >= 15 is 0 Å². The predicted molar refractivity (Wildman–Crippen MR) is 106 cm³/mol. The van der Waals surface area contributed by atoms with E-state index in [4.69, 9.17) is 0 Å². The van der Waals surface area contributed by atoms with E-state index < -0.39 is 17.6 Å². The standard InChI is InChI=1S/C22H18BrNO2/c1-14(21(25)26)24-22(15-10-12-16(23)13-11-15)19-8-4-2-6-17(19)18-7-3-5-9-20(18)22/h2-14,24H,1H3,(H,25,26)/t14-/m0/s1. The van der Waals surface area contributed by atoms with E-state index in [0.29, 0.717) is 0 Å². The second-order valence-corrected chi connectivity index (χ2v) is 7.47. The Labute approximate surface area is 160 Å². The van der Waals surface area contributed by atoms with Crippen LogP contribution in [0, 0.1) is 0 Å². The molecular formula is C22H18BrNO2. The van der Waals surface area contributed by atoms with Crippen molar-refractivity contribution in [1.82, 2.24) is 5.32 Å². The summed E-state index contributed by atoms with van der Waals surface area (Å²) in [5, 5.41) is 13.0. The van der Waals surface area contributed by atoms with Crippen molar-refractivity contribution in [3.05, 3.63) is 94.0 Å². The van der Waals surface area contributed by atoms with E-state index in [-0.39, 0.29) is 0 Å². The zero-order chi connectivity index (χ0) is 18.3. The van der Waals surface area contributed by atoms with Crippen LogP contribution in [-0.2, 0) is 10.3 Å². The van der Waals surface area contributed by atoms with Gasteiger partial charge in [-0.2, -0.15) is 0 Å². The monoisotopic (exact) mass is 407 g/mol. The fraction of sp³-hybridized carbons (Fsp3) is 0.136. The van der Waals surface area contributed by atoms with Gasteiger partial charge in [0.15, 0.2) is 0 Å². The molecule has 3 aromatic rings. The van der Waals surface area contributed by atoms with Crippen LogP contribution < -0.4 is 5.32 Å². The Morgan fingerprint density at radius 3 is 1.92 bits per heavy atom. The predicted octanol–water partition coefficient (Wildman–Crippen LogP) is 4.78. The Hall–Kier alpha value is -2.43. The Balaban J connectivity index is 2.05. The molecule has 0 amide bonds. The molecule has 0 saturated heterocycles. The molecule has 0 aromatic heterocycles. The minimum absolute atomic E-state index is 0.703. The van der Waals surface area contributed by atoms with Crippen LogP contribution in [0.5, 0.6) is 0 Å². The molecule has 0 radical (unpaired) electrons. The first-order chi connectivity index (χ1) is 12.5. The molecule has 1 atom stereocenters. The van der Waals surface area contributed by atoms with Crippen LogP contribution in [0.4, 0.5) is 0 Å². The number of halogens is 1. The van der Waals surface area contributed by atoms with Gasteiger partial charge in [0.05, 0.1) is 5.54 Å². The van der Waals surface area contributed by atoms with Crippen LogP contribution in [0.3, 0.4) is 0 Å². The molecular weight excluding hydrogens is 390 g/mol. The fourth-order valence-corrected chi connectivity index (χ4v) is 4.14. The lowest BCUT2D eigenvalue weighted by Crippen LogP contribution is -2.50. The first-order valence-corrected chi connectivity index (χ1v) is 9.29. The number of benzene rings is 3. The van der Waals surface area contributed by atoms with Crippen LogP contribution in [0.25, 0.3) is 11.1 Å². The minimum Gasteiger partial charge on any atom is -0.480 e. The van der Waals surface area contributed by atoms with Crippen molar-refractivity contribution in [3.63, 3.8) is 0 Å². The molecule has 1 aliphatic carbocycles. The molecule has 130 valence electrons. The Kier molecular flexibility index (Phi) is 4.17. The summed E-state index contributed by atoms with van der Waals surface area (Å²) in [4.78, 5) is 11.7. The van der Waals surface area contributed by atoms with Gasteiger partial charge < -0.3 is 5.11 Å². The lowest BCUT2D eigenvalue weighted by molar-refractivity contribution is -0.139. The molecule has 4 rings (SSSR count). The molecule has 0 spiro atoms. The van der Waals surface area contributed by atoms with E-state index in [1.807, 2.05) is 48.5 Å². The van der Waals surface area contributed by atoms with E-state index in [1.165, 1.54) is 0 Å². The van der Waals surface area contributed by atoms with Crippen LogP contribution in [0.2, 0.25) is 0 Å². The van der Waals surface area contributed by atoms with Gasteiger partial charge in [-0.05, 0) is 46.9 Å². The van der Waals surface area contributed by atoms with E-state index in [0.717, 1.165) is 32.3 Å². The molecule has 0 saturated carbocycles. The summed E-state index contributed by atoms with van der Waals surface area (Å²) >= 11 is 3.49. The van der Waals surface area contributed by atoms with Crippen LogP contribution in [0.15, 0.2) is 77.3 Å². The normalized spacial score (nSPS) is 15.2. The van der Waals surface area contributed by atoms with Crippen LogP contribution in [-0.4, -0.2) is 17.1 Å². The highest BCUT2D eigenvalue weighted by molar-refractivity contribution is 9.10. The maximum atomic E-state index is 11.7. The van der Waals surface area contributed by atoms with Crippen molar-refractivity contribution in [2.45, 2.75) is 18.5 Å². The summed E-state index contributed by atoms with van der Waals surface area (Å²) in [5.41, 5.74) is 4.75. The van der Waals surface area contributed by atoms with Crippen molar-refractivity contribution in [2.75, 3.05) is 0 Å². The van der Waals surface area contributed by atoms with Gasteiger partial charge >= 0.3 is 5.97 Å². The summed E-state index contributed by atoms with van der Waals surface area (Å²) in [5.74, 6) is -0.872. The fourth-order valence-electron chi connectivity index (χ4n) is 3.87. The molecule has 0 heterocycles. The van der Waals surface area contributed by atoms with Gasteiger partial charge in [0.25, 0.3) is 0 Å². The molecule has 3 aromatic carbocycles. The van der Waals surface area contributed by atoms with Crippen molar-refractivity contribution in [1.29, 1.82) is 0 Å². The van der Waals surface area contributed by atoms with Gasteiger partial charge in [-0.1, -0.05) is 76.6 Å². The van der Waals surface area contributed by atoms with Gasteiger partial charge in [-0.3, -0.25) is 10.1 Å². The number of nitrogens with one attached hydrogen (secondary N) is 1. The third-order valence-corrected chi connectivity index (χ3v) is 5.56. The van der Waals surface area contributed by atoms with Gasteiger partial charge in [-0.15, -0.1) is 0 Å². The third-order valence-electron chi connectivity index (χ3n) is 5.03. The number of fused-ring (bicyclic) bond motifs is 3. The lowest BCUT2D eigenvalue weighted by Gasteiger charge is -2.36. The highest BCUT2D eigenvalue weighted by Crippen LogP contribution is 2.51. The number of hydrogen-bond acceptors (Lipinski definition) is 2. The number of aliphatic carboxylic acids is 1. The van der Waals surface area contributed by atoms with Crippen molar-refractivity contribution in [3.8, 4) is 11.1 Å². The van der Waals surface area contributed by atoms with Gasteiger partial charge in [-0.25, -0.2) is 0 Å². The van der Waals surface area contributed by atoms with E-state index in [2.05, 4.69) is 45.5 Å². The summed E-state index contributed by atoms with van der Waals surface area (Å²) < 4.78 is 0.988. The second-order valence-electron chi connectivity index (χ2n) is 6.55. The number of carbonyl (C=O) groups is 1. The molecule has 0 bridgehead atoms. The average molecular weight is 408 g/mol. The summed E-state index contributed by atoms with van der Waals surface area (Å²) in [6, 6.07) is 23.8. The number of carboxylic acids is 1. The first kappa shape index (κ1) is 17.0. The Morgan fingerprint density at radius 2 is 1.42 bits per heavy atom. The quantitative estimate of drug-likeness (QED) is 0.653. The maximum Gasteiger partial charge on any atom is 0.320 e. The Morgan fingerprint density at radius 1 is 0.923 bits per heavy atom. The molecule has 1 aliphatic rings. The van der Waals surface area contributed by atoms with Crippen molar-refractivity contribution >= 4 is 21.9 Å². The molecule has 26 heavy (non-hydrogen) atoms. The van der Waals surface area contributed by atoms with Gasteiger partial charge in [0.2, 0.25) is 0 Å². The van der Waals surface area contributed by atoms with Gasteiger partial charge in [0, 0.05) is 4.47 Å². The zero-order valence-corrected chi connectivity index (χ0v) is 15.8. The number of carboxylic acid groups (broad SMARTS) is 1. The summed E-state index contributed by atoms with van der Waals surface area (Å²) in [6.45, 7) is 1.69. The smallest absolute Gasteiger partial charge is 0.320 e. The molecule has 2 N–H and O–H groups in total. The topological polar surface area (TPSA) is 49.3 Å². The zero-order valence-electron chi connectivity index (χ0n) is 14.2. The molecule has 0 unspecified atom stereocenters. The average Bonchev–Trinajstić information content (AvgIpc) is 2.94. The Bertz CT molecular complexity index is 936. The SMILES string of the molecule is C[C@H](NC1(c2ccc(Br)cc2)c2ccccc2-c2ccccc21)C(=O)O. The van der Waals surface area contributed by atoms with E-state index in [9.17, 15) is 9.90 Å². The number of hydrogen-bond donors (Lipinski definition) is 2. The molecule has 4 heteroatoms. The molecule has 0 fully saturated rings. The summed E-state index contributed by atoms with van der Waals surface area (Å²) in [6.07, 6.45) is 0. The third kappa shape index (κ3) is 2.49. The number of rotatable bonds is 4. The van der Waals surface area contributed by atoms with E-state index in [1.54, 1.807) is 6.92 Å². The first-order valence-electron chi connectivity index (χ1n) is 8.50. The van der Waals surface area contributed by atoms with Crippen LogP contribution in [0.1, 0.15) is 23.6 Å². The highest BCUT2D eigenvalue weighted by atomic mass is 79.9. The van der Waals surface area contributed by atoms with Crippen molar-refractivity contribution < 1.29 is 9.90 Å².